The van der Waals surface area contributed by atoms with Crippen LogP contribution in [0.1, 0.15) is 18.4 Å². The van der Waals surface area contributed by atoms with Gasteiger partial charge in [0.25, 0.3) is 0 Å². The molecule has 0 amide bonds. The average molecular weight is 328 g/mol. The number of nitrogens with zero attached hydrogens (tertiary/aromatic N) is 4. The Bertz CT molecular complexity index is 616. The standard InChI is InChI=1S/C13H15ClFN5S/c14-10-2-1-9(12(15)7-10)8-21-13-17-18-19-20(13)6-5-16-11-3-4-11/h1-2,7,11,16H,3-6,8H2. The molecule has 0 radical (unpaired) electrons. The van der Waals surface area contributed by atoms with Gasteiger partial charge in [0.15, 0.2) is 0 Å². The van der Waals surface area contributed by atoms with Crippen LogP contribution in [0.3, 0.4) is 0 Å². The van der Waals surface area contributed by atoms with Crippen LogP contribution in [0.4, 0.5) is 4.39 Å². The molecular formula is C13H15ClFN5S. The lowest BCUT2D eigenvalue weighted by atomic mass is 10.2. The first kappa shape index (κ1) is 14.7. The van der Waals surface area contributed by atoms with E-state index >= 15 is 0 Å². The van der Waals surface area contributed by atoms with Crippen LogP contribution in [0, 0.1) is 5.82 Å². The highest BCUT2D eigenvalue weighted by Gasteiger charge is 2.20. The SMILES string of the molecule is Fc1cc(Cl)ccc1CSc1nnnn1CCNC1CC1. The Morgan fingerprint density at radius 2 is 2.29 bits per heavy atom. The molecule has 1 N–H and O–H groups in total. The summed E-state index contributed by atoms with van der Waals surface area (Å²) in [5.41, 5.74) is 0.593. The van der Waals surface area contributed by atoms with Crippen molar-refractivity contribution in [2.75, 3.05) is 6.54 Å². The van der Waals surface area contributed by atoms with Crippen LogP contribution in [0.5, 0.6) is 0 Å². The van der Waals surface area contributed by atoms with E-state index in [1.54, 1.807) is 16.8 Å². The van der Waals surface area contributed by atoms with E-state index in [-0.39, 0.29) is 5.82 Å². The van der Waals surface area contributed by atoms with Gasteiger partial charge in [0.2, 0.25) is 5.16 Å². The topological polar surface area (TPSA) is 55.6 Å². The lowest BCUT2D eigenvalue weighted by Gasteiger charge is -2.06. The number of nitrogens with one attached hydrogen (secondary N) is 1. The molecule has 1 fully saturated rings. The lowest BCUT2D eigenvalue weighted by molar-refractivity contribution is 0.509. The van der Waals surface area contributed by atoms with E-state index in [2.05, 4.69) is 20.8 Å². The number of thioether (sulfide) groups is 1. The maximum atomic E-state index is 13.7. The van der Waals surface area contributed by atoms with Crippen molar-refractivity contribution >= 4 is 23.4 Å². The highest BCUT2D eigenvalue weighted by atomic mass is 35.5. The molecule has 1 aromatic heterocycles. The van der Waals surface area contributed by atoms with E-state index in [9.17, 15) is 4.39 Å². The molecule has 2 aromatic rings. The summed E-state index contributed by atoms with van der Waals surface area (Å²) in [5, 5.41) is 16.1. The van der Waals surface area contributed by atoms with Crippen molar-refractivity contribution in [3.63, 3.8) is 0 Å². The van der Waals surface area contributed by atoms with Gasteiger partial charge in [-0.15, -0.1) is 5.10 Å². The van der Waals surface area contributed by atoms with Gasteiger partial charge in [0.05, 0.1) is 6.54 Å². The molecule has 0 saturated heterocycles. The van der Waals surface area contributed by atoms with Crippen molar-refractivity contribution < 1.29 is 4.39 Å². The summed E-state index contributed by atoms with van der Waals surface area (Å²) in [4.78, 5) is 0. The fraction of sp³-hybridized carbons (Fsp3) is 0.462. The first-order valence-corrected chi connectivity index (χ1v) is 8.15. The van der Waals surface area contributed by atoms with Gasteiger partial charge < -0.3 is 5.32 Å². The Morgan fingerprint density at radius 1 is 1.43 bits per heavy atom. The van der Waals surface area contributed by atoms with Crippen LogP contribution in [0.25, 0.3) is 0 Å². The van der Waals surface area contributed by atoms with E-state index < -0.39 is 0 Å². The molecule has 1 saturated carbocycles. The molecule has 0 unspecified atom stereocenters. The predicted molar refractivity (Wildman–Crippen MR) is 79.8 cm³/mol. The molecule has 1 aliphatic rings. The minimum atomic E-state index is -0.301. The summed E-state index contributed by atoms with van der Waals surface area (Å²) in [6.45, 7) is 1.56. The number of benzene rings is 1. The number of hydrogen-bond donors (Lipinski definition) is 1. The molecule has 1 aliphatic carbocycles. The zero-order valence-electron chi connectivity index (χ0n) is 11.3. The third-order valence-electron chi connectivity index (χ3n) is 3.20. The summed E-state index contributed by atoms with van der Waals surface area (Å²) < 4.78 is 15.5. The number of halogens is 2. The van der Waals surface area contributed by atoms with Crippen LogP contribution < -0.4 is 5.32 Å². The zero-order valence-corrected chi connectivity index (χ0v) is 12.9. The highest BCUT2D eigenvalue weighted by Crippen LogP contribution is 2.23. The lowest BCUT2D eigenvalue weighted by Crippen LogP contribution is -2.22. The van der Waals surface area contributed by atoms with E-state index in [1.807, 2.05) is 0 Å². The second-order valence-electron chi connectivity index (χ2n) is 4.94. The first-order chi connectivity index (χ1) is 10.2. The van der Waals surface area contributed by atoms with Gasteiger partial charge in [0.1, 0.15) is 5.82 Å². The molecule has 3 rings (SSSR count). The Morgan fingerprint density at radius 3 is 3.05 bits per heavy atom. The molecule has 8 heteroatoms. The van der Waals surface area contributed by atoms with Gasteiger partial charge in [-0.3, -0.25) is 0 Å². The van der Waals surface area contributed by atoms with Gasteiger partial charge in [-0.1, -0.05) is 29.4 Å². The van der Waals surface area contributed by atoms with Crippen molar-refractivity contribution in [3.8, 4) is 0 Å². The van der Waals surface area contributed by atoms with Crippen molar-refractivity contribution in [1.82, 2.24) is 25.5 Å². The normalized spacial score (nSPS) is 14.6. The quantitative estimate of drug-likeness (QED) is 0.792. The Balaban J connectivity index is 1.55. The molecule has 1 heterocycles. The van der Waals surface area contributed by atoms with Crippen molar-refractivity contribution in [2.24, 2.45) is 0 Å². The first-order valence-electron chi connectivity index (χ1n) is 6.78. The van der Waals surface area contributed by atoms with Crippen LogP contribution >= 0.6 is 23.4 Å². The van der Waals surface area contributed by atoms with E-state index in [4.69, 9.17) is 11.6 Å². The van der Waals surface area contributed by atoms with Crippen molar-refractivity contribution in [1.29, 1.82) is 0 Å². The third kappa shape index (κ3) is 4.15. The molecule has 21 heavy (non-hydrogen) atoms. The highest BCUT2D eigenvalue weighted by molar-refractivity contribution is 7.98. The Hall–Kier alpha value is -1.18. The van der Waals surface area contributed by atoms with Gasteiger partial charge in [-0.05, 0) is 41.0 Å². The average Bonchev–Trinajstić information content (AvgIpc) is 3.17. The van der Waals surface area contributed by atoms with Crippen LogP contribution in [-0.2, 0) is 12.3 Å². The predicted octanol–water partition coefficient (Wildman–Crippen LogP) is 2.51. The molecule has 0 spiro atoms. The summed E-state index contributed by atoms with van der Waals surface area (Å²) in [7, 11) is 0. The molecule has 0 bridgehead atoms. The minimum absolute atomic E-state index is 0.301. The summed E-state index contributed by atoms with van der Waals surface area (Å²) in [5.74, 6) is 0.170. The summed E-state index contributed by atoms with van der Waals surface area (Å²) in [6, 6.07) is 5.36. The smallest absolute Gasteiger partial charge is 0.209 e. The fourth-order valence-electron chi connectivity index (χ4n) is 1.88. The van der Waals surface area contributed by atoms with Crippen LogP contribution in [0.2, 0.25) is 5.02 Å². The molecule has 5 nitrogen and oxygen atoms in total. The second-order valence-corrected chi connectivity index (χ2v) is 6.32. The maximum absolute atomic E-state index is 13.7. The third-order valence-corrected chi connectivity index (χ3v) is 4.45. The Labute approximate surface area is 131 Å². The second kappa shape index (κ2) is 6.72. The van der Waals surface area contributed by atoms with E-state index in [0.29, 0.717) is 27.5 Å². The van der Waals surface area contributed by atoms with Gasteiger partial charge in [-0.2, -0.15) is 0 Å². The maximum Gasteiger partial charge on any atom is 0.209 e. The summed E-state index contributed by atoms with van der Waals surface area (Å²) >= 11 is 7.16. The van der Waals surface area contributed by atoms with Crippen molar-refractivity contribution in [3.05, 3.63) is 34.6 Å². The number of hydrogen-bond acceptors (Lipinski definition) is 5. The van der Waals surface area contributed by atoms with E-state index in [1.165, 1.54) is 30.7 Å². The Kier molecular flexibility index (Phi) is 4.72. The molecule has 0 aliphatic heterocycles. The molecule has 112 valence electrons. The zero-order chi connectivity index (χ0) is 14.7. The number of rotatable bonds is 7. The summed E-state index contributed by atoms with van der Waals surface area (Å²) in [6.07, 6.45) is 2.51. The van der Waals surface area contributed by atoms with Gasteiger partial charge in [-0.25, -0.2) is 9.07 Å². The molecular weight excluding hydrogens is 313 g/mol. The monoisotopic (exact) mass is 327 g/mol. The van der Waals surface area contributed by atoms with Gasteiger partial charge in [0, 0.05) is 23.4 Å². The fourth-order valence-corrected chi connectivity index (χ4v) is 2.93. The molecule has 1 aromatic carbocycles. The largest absolute Gasteiger partial charge is 0.312 e. The van der Waals surface area contributed by atoms with Crippen molar-refractivity contribution in [2.45, 2.75) is 36.3 Å². The molecule has 0 atom stereocenters. The van der Waals surface area contributed by atoms with E-state index in [0.717, 1.165) is 13.1 Å². The number of aromatic nitrogens is 4. The van der Waals surface area contributed by atoms with Crippen LogP contribution in [-0.4, -0.2) is 32.8 Å². The minimum Gasteiger partial charge on any atom is -0.312 e. The van der Waals surface area contributed by atoms with Gasteiger partial charge >= 0.3 is 0 Å². The van der Waals surface area contributed by atoms with Crippen LogP contribution in [0.15, 0.2) is 23.4 Å². The number of tetrazole rings is 1.